The number of halogens is 1. The number of hydrogen-bond donors (Lipinski definition) is 1. The Morgan fingerprint density at radius 1 is 1.41 bits per heavy atom. The van der Waals surface area contributed by atoms with Crippen molar-refractivity contribution in [3.05, 3.63) is 50.5 Å². The monoisotopic (exact) mass is 362 g/mol. The Bertz CT molecular complexity index is 756. The van der Waals surface area contributed by atoms with E-state index in [1.54, 1.807) is 23.9 Å². The van der Waals surface area contributed by atoms with E-state index < -0.39 is 0 Å². The molecule has 0 aliphatic carbocycles. The van der Waals surface area contributed by atoms with E-state index in [0.29, 0.717) is 5.69 Å². The third kappa shape index (κ3) is 3.08. The molecule has 1 N–H and O–H groups in total. The van der Waals surface area contributed by atoms with Crippen LogP contribution in [0, 0.1) is 0 Å². The second kappa shape index (κ2) is 6.22. The van der Waals surface area contributed by atoms with Gasteiger partial charge in [-0.3, -0.25) is 9.69 Å². The Labute approximate surface area is 138 Å². The highest BCUT2D eigenvalue weighted by atomic mass is 79.9. The SMILES string of the molecule is CCN1CCc2nc(Nc3cc(Br)cn(C)c3=O)ccc2C1. The molecule has 0 aromatic carbocycles. The molecule has 0 saturated carbocycles. The maximum Gasteiger partial charge on any atom is 0.274 e. The molecule has 2 aromatic rings. The van der Waals surface area contributed by atoms with Crippen LogP contribution in [-0.4, -0.2) is 27.5 Å². The first-order chi connectivity index (χ1) is 10.6. The Morgan fingerprint density at radius 2 is 2.23 bits per heavy atom. The van der Waals surface area contributed by atoms with E-state index in [9.17, 15) is 4.79 Å². The summed E-state index contributed by atoms with van der Waals surface area (Å²) >= 11 is 3.41. The molecule has 0 spiro atoms. The summed E-state index contributed by atoms with van der Waals surface area (Å²) < 4.78 is 2.40. The van der Waals surface area contributed by atoms with Crippen LogP contribution in [-0.2, 0) is 20.0 Å². The minimum atomic E-state index is -0.0696. The molecule has 0 amide bonds. The van der Waals surface area contributed by atoms with E-state index in [-0.39, 0.29) is 5.56 Å². The predicted octanol–water partition coefficient (Wildman–Crippen LogP) is 2.66. The summed E-state index contributed by atoms with van der Waals surface area (Å²) in [6, 6.07) is 5.83. The van der Waals surface area contributed by atoms with Crippen molar-refractivity contribution in [3.8, 4) is 0 Å². The van der Waals surface area contributed by atoms with Crippen molar-refractivity contribution in [1.82, 2.24) is 14.5 Å². The molecule has 1 aliphatic rings. The first-order valence-corrected chi connectivity index (χ1v) is 8.20. The minimum Gasteiger partial charge on any atom is -0.336 e. The molecule has 0 saturated heterocycles. The van der Waals surface area contributed by atoms with E-state index in [0.717, 1.165) is 42.0 Å². The van der Waals surface area contributed by atoms with Crippen molar-refractivity contribution in [3.63, 3.8) is 0 Å². The number of aromatic nitrogens is 2. The van der Waals surface area contributed by atoms with Crippen molar-refractivity contribution in [2.24, 2.45) is 7.05 Å². The van der Waals surface area contributed by atoms with Gasteiger partial charge in [-0.25, -0.2) is 4.98 Å². The van der Waals surface area contributed by atoms with Gasteiger partial charge in [0, 0.05) is 42.9 Å². The van der Waals surface area contributed by atoms with Crippen LogP contribution in [0.25, 0.3) is 0 Å². The van der Waals surface area contributed by atoms with Gasteiger partial charge < -0.3 is 9.88 Å². The molecular formula is C16H19BrN4O. The molecule has 2 aromatic heterocycles. The molecule has 5 nitrogen and oxygen atoms in total. The number of pyridine rings is 2. The molecule has 3 rings (SSSR count). The Morgan fingerprint density at radius 3 is 3.00 bits per heavy atom. The van der Waals surface area contributed by atoms with E-state index in [1.165, 1.54) is 5.56 Å². The highest BCUT2D eigenvalue weighted by Gasteiger charge is 2.16. The summed E-state index contributed by atoms with van der Waals surface area (Å²) in [4.78, 5) is 19.2. The lowest BCUT2D eigenvalue weighted by atomic mass is 10.1. The normalized spacial score (nSPS) is 14.7. The zero-order valence-electron chi connectivity index (χ0n) is 12.8. The van der Waals surface area contributed by atoms with Crippen molar-refractivity contribution in [1.29, 1.82) is 0 Å². The Hall–Kier alpha value is -1.66. The molecule has 0 radical (unpaired) electrons. The van der Waals surface area contributed by atoms with Gasteiger partial charge >= 0.3 is 0 Å². The van der Waals surface area contributed by atoms with Crippen molar-refractivity contribution in [2.75, 3.05) is 18.4 Å². The summed E-state index contributed by atoms with van der Waals surface area (Å²) in [5, 5.41) is 3.14. The van der Waals surface area contributed by atoms with Gasteiger partial charge in [0.15, 0.2) is 0 Å². The van der Waals surface area contributed by atoms with E-state index in [4.69, 9.17) is 0 Å². The first kappa shape index (κ1) is 15.2. The standard InChI is InChI=1S/C16H19BrN4O/c1-3-21-7-6-13-11(9-21)4-5-15(18-13)19-14-8-12(17)10-20(2)16(14)22/h4-5,8,10H,3,6-7,9H2,1-2H3,(H,18,19). The summed E-state index contributed by atoms with van der Waals surface area (Å²) in [5.41, 5.74) is 2.86. The number of hydrogen-bond acceptors (Lipinski definition) is 4. The predicted molar refractivity (Wildman–Crippen MR) is 91.6 cm³/mol. The lowest BCUT2D eigenvalue weighted by Crippen LogP contribution is -2.30. The number of rotatable bonds is 3. The lowest BCUT2D eigenvalue weighted by Gasteiger charge is -2.27. The van der Waals surface area contributed by atoms with Gasteiger partial charge in [0.25, 0.3) is 5.56 Å². The maximum absolute atomic E-state index is 12.1. The average molecular weight is 363 g/mol. The summed E-state index contributed by atoms with van der Waals surface area (Å²) in [5.74, 6) is 0.721. The van der Waals surface area contributed by atoms with Gasteiger partial charge in [-0.1, -0.05) is 13.0 Å². The second-order valence-electron chi connectivity index (χ2n) is 5.53. The molecule has 1 aliphatic heterocycles. The van der Waals surface area contributed by atoms with Gasteiger partial charge in [-0.05, 0) is 40.2 Å². The summed E-state index contributed by atoms with van der Waals surface area (Å²) in [6.07, 6.45) is 2.70. The quantitative estimate of drug-likeness (QED) is 0.911. The zero-order chi connectivity index (χ0) is 15.7. The molecule has 6 heteroatoms. The van der Waals surface area contributed by atoms with Gasteiger partial charge in [0.2, 0.25) is 0 Å². The van der Waals surface area contributed by atoms with Gasteiger partial charge in [0.05, 0.1) is 0 Å². The first-order valence-electron chi connectivity index (χ1n) is 7.41. The molecule has 0 atom stereocenters. The molecule has 116 valence electrons. The topological polar surface area (TPSA) is 50.2 Å². The van der Waals surface area contributed by atoms with E-state index in [1.807, 2.05) is 6.07 Å². The van der Waals surface area contributed by atoms with Crippen LogP contribution in [0.4, 0.5) is 11.5 Å². The number of nitrogens with one attached hydrogen (secondary N) is 1. The minimum absolute atomic E-state index is 0.0696. The maximum atomic E-state index is 12.1. The average Bonchev–Trinajstić information content (AvgIpc) is 2.51. The van der Waals surface area contributed by atoms with Gasteiger partial charge in [-0.15, -0.1) is 0 Å². The van der Waals surface area contributed by atoms with Gasteiger partial charge in [-0.2, -0.15) is 0 Å². The Balaban J connectivity index is 1.87. The fourth-order valence-corrected chi connectivity index (χ4v) is 3.25. The summed E-state index contributed by atoms with van der Waals surface area (Å²) in [7, 11) is 1.73. The van der Waals surface area contributed by atoms with E-state index in [2.05, 4.69) is 44.1 Å². The van der Waals surface area contributed by atoms with Gasteiger partial charge in [0.1, 0.15) is 11.5 Å². The second-order valence-corrected chi connectivity index (χ2v) is 6.45. The van der Waals surface area contributed by atoms with E-state index >= 15 is 0 Å². The summed E-state index contributed by atoms with van der Waals surface area (Å²) in [6.45, 7) is 5.24. The molecule has 22 heavy (non-hydrogen) atoms. The number of likely N-dealkylation sites (N-methyl/N-ethyl adjacent to an activating group) is 1. The smallest absolute Gasteiger partial charge is 0.274 e. The largest absolute Gasteiger partial charge is 0.336 e. The van der Waals surface area contributed by atoms with Crippen LogP contribution in [0.2, 0.25) is 0 Å². The van der Waals surface area contributed by atoms with Crippen molar-refractivity contribution < 1.29 is 0 Å². The fraction of sp³-hybridized carbons (Fsp3) is 0.375. The van der Waals surface area contributed by atoms with Crippen LogP contribution in [0.1, 0.15) is 18.2 Å². The molecule has 0 unspecified atom stereocenters. The number of anilines is 2. The third-order valence-corrected chi connectivity index (χ3v) is 4.42. The number of fused-ring (bicyclic) bond motifs is 1. The molecule has 0 bridgehead atoms. The fourth-order valence-electron chi connectivity index (χ4n) is 2.71. The third-order valence-electron chi connectivity index (χ3n) is 3.99. The van der Waals surface area contributed by atoms with Crippen LogP contribution in [0.15, 0.2) is 33.7 Å². The van der Waals surface area contributed by atoms with Crippen molar-refractivity contribution >= 4 is 27.4 Å². The molecule has 3 heterocycles. The highest BCUT2D eigenvalue weighted by Crippen LogP contribution is 2.21. The van der Waals surface area contributed by atoms with Crippen LogP contribution >= 0.6 is 15.9 Å². The number of nitrogens with zero attached hydrogens (tertiary/aromatic N) is 3. The lowest BCUT2D eigenvalue weighted by molar-refractivity contribution is 0.266. The highest BCUT2D eigenvalue weighted by molar-refractivity contribution is 9.10. The van der Waals surface area contributed by atoms with Crippen molar-refractivity contribution in [2.45, 2.75) is 19.9 Å². The van der Waals surface area contributed by atoms with Crippen LogP contribution in [0.5, 0.6) is 0 Å². The number of aryl methyl sites for hydroxylation is 1. The van der Waals surface area contributed by atoms with Crippen LogP contribution < -0.4 is 10.9 Å². The molecular weight excluding hydrogens is 344 g/mol. The molecule has 0 fully saturated rings. The Kier molecular flexibility index (Phi) is 4.31. The van der Waals surface area contributed by atoms with Crippen LogP contribution in [0.3, 0.4) is 0 Å². The zero-order valence-corrected chi connectivity index (χ0v) is 14.4.